The summed E-state index contributed by atoms with van der Waals surface area (Å²) in [5.74, 6) is 0.00504. The quantitative estimate of drug-likeness (QED) is 0.686. The van der Waals surface area contributed by atoms with E-state index in [1.807, 2.05) is 12.1 Å². The summed E-state index contributed by atoms with van der Waals surface area (Å²) >= 11 is 0. The van der Waals surface area contributed by atoms with E-state index in [0.29, 0.717) is 13.0 Å². The van der Waals surface area contributed by atoms with E-state index in [-0.39, 0.29) is 5.75 Å². The van der Waals surface area contributed by atoms with Gasteiger partial charge in [0.15, 0.2) is 0 Å². The maximum Gasteiger partial charge on any atom is 0.209 e. The molecule has 1 aromatic rings. The molecule has 0 fully saturated rings. The normalized spacial score (nSPS) is 11.2. The molecule has 0 aromatic carbocycles. The highest BCUT2D eigenvalue weighted by Crippen LogP contribution is 2.02. The summed E-state index contributed by atoms with van der Waals surface area (Å²) in [4.78, 5) is 3.86. The number of nitrogens with zero attached hydrogens (tertiary/aromatic N) is 1. The van der Waals surface area contributed by atoms with Crippen LogP contribution in [-0.4, -0.2) is 25.7 Å². The summed E-state index contributed by atoms with van der Waals surface area (Å²) in [6, 6.07) is 3.63. The molecule has 0 bridgehead atoms. The van der Waals surface area contributed by atoms with Crippen molar-refractivity contribution in [1.29, 1.82) is 0 Å². The molecule has 0 aliphatic heterocycles. The van der Waals surface area contributed by atoms with Crippen LogP contribution in [0.5, 0.6) is 0 Å². The number of aromatic nitrogens is 1. The second-order valence-electron chi connectivity index (χ2n) is 2.88. The average molecular weight is 215 g/mol. The number of hydrogen-bond donors (Lipinski definition) is 2. The van der Waals surface area contributed by atoms with Gasteiger partial charge in [-0.1, -0.05) is 0 Å². The Morgan fingerprint density at radius 3 is 2.57 bits per heavy atom. The highest BCUT2D eigenvalue weighted by Gasteiger charge is 2.00. The number of hydrogen-bond acceptors (Lipinski definition) is 4. The third kappa shape index (κ3) is 4.78. The second-order valence-corrected chi connectivity index (χ2v) is 4.62. The fraction of sp³-hybridized carbons (Fsp3) is 0.375. The summed E-state index contributed by atoms with van der Waals surface area (Å²) < 4.78 is 21.2. The largest absolute Gasteiger partial charge is 0.385 e. The van der Waals surface area contributed by atoms with E-state index in [9.17, 15) is 8.42 Å². The van der Waals surface area contributed by atoms with Crippen LogP contribution < -0.4 is 10.5 Å². The molecule has 0 atom stereocenters. The van der Waals surface area contributed by atoms with Gasteiger partial charge in [0.1, 0.15) is 0 Å². The van der Waals surface area contributed by atoms with Crippen LogP contribution in [0, 0.1) is 0 Å². The first-order valence-corrected chi connectivity index (χ1v) is 5.94. The molecule has 6 heteroatoms. The van der Waals surface area contributed by atoms with Gasteiger partial charge in [0.05, 0.1) is 5.75 Å². The second kappa shape index (κ2) is 4.92. The standard InChI is InChI=1S/C8H13N3O2S/c9-14(12,13)7-1-4-11-8-2-5-10-6-3-8/h2-3,5-6H,1,4,7H2,(H,10,11)(H2,9,12,13). The van der Waals surface area contributed by atoms with E-state index < -0.39 is 10.0 Å². The average Bonchev–Trinajstić information content (AvgIpc) is 2.13. The van der Waals surface area contributed by atoms with Crippen molar-refractivity contribution in [1.82, 2.24) is 4.98 Å². The molecule has 0 saturated heterocycles. The summed E-state index contributed by atoms with van der Waals surface area (Å²) in [6.07, 6.45) is 3.84. The van der Waals surface area contributed by atoms with Gasteiger partial charge in [0.25, 0.3) is 0 Å². The van der Waals surface area contributed by atoms with Crippen LogP contribution in [0.3, 0.4) is 0 Å². The summed E-state index contributed by atoms with van der Waals surface area (Å²) in [7, 11) is -3.33. The van der Waals surface area contributed by atoms with Crippen molar-refractivity contribution in [3.63, 3.8) is 0 Å². The van der Waals surface area contributed by atoms with Gasteiger partial charge in [-0.05, 0) is 18.6 Å². The Kier molecular flexibility index (Phi) is 3.84. The lowest BCUT2D eigenvalue weighted by molar-refractivity contribution is 0.596. The first-order chi connectivity index (χ1) is 6.58. The van der Waals surface area contributed by atoms with E-state index in [2.05, 4.69) is 10.3 Å². The van der Waals surface area contributed by atoms with E-state index >= 15 is 0 Å². The predicted octanol–water partition coefficient (Wildman–Crippen LogP) is 0.172. The monoisotopic (exact) mass is 215 g/mol. The van der Waals surface area contributed by atoms with Crippen LogP contribution in [0.4, 0.5) is 5.69 Å². The summed E-state index contributed by atoms with van der Waals surface area (Å²) in [6.45, 7) is 0.584. The lowest BCUT2D eigenvalue weighted by atomic mass is 10.4. The van der Waals surface area contributed by atoms with Crippen LogP contribution >= 0.6 is 0 Å². The van der Waals surface area contributed by atoms with Gasteiger partial charge in [0.2, 0.25) is 10.0 Å². The molecule has 0 amide bonds. The van der Waals surface area contributed by atoms with Crippen LogP contribution in [0.15, 0.2) is 24.5 Å². The molecule has 78 valence electrons. The van der Waals surface area contributed by atoms with Gasteiger partial charge in [-0.15, -0.1) is 0 Å². The molecule has 1 aromatic heterocycles. The topological polar surface area (TPSA) is 85.1 Å². The number of nitrogens with one attached hydrogen (secondary N) is 1. The number of rotatable bonds is 5. The number of sulfonamides is 1. The number of anilines is 1. The molecule has 1 rings (SSSR count). The molecular weight excluding hydrogens is 202 g/mol. The van der Waals surface area contributed by atoms with Crippen molar-refractivity contribution in [3.05, 3.63) is 24.5 Å². The van der Waals surface area contributed by atoms with Crippen LogP contribution in [0.2, 0.25) is 0 Å². The maximum atomic E-state index is 10.6. The van der Waals surface area contributed by atoms with E-state index in [1.165, 1.54) is 0 Å². The molecule has 0 aliphatic rings. The molecule has 0 saturated carbocycles. The zero-order valence-electron chi connectivity index (χ0n) is 7.68. The Balaban J connectivity index is 2.23. The minimum absolute atomic E-state index is 0.00504. The zero-order chi connectivity index (χ0) is 10.4. The Morgan fingerprint density at radius 1 is 1.36 bits per heavy atom. The third-order valence-corrected chi connectivity index (χ3v) is 2.47. The van der Waals surface area contributed by atoms with Gasteiger partial charge in [-0.2, -0.15) is 0 Å². The molecule has 5 nitrogen and oxygen atoms in total. The first kappa shape index (κ1) is 10.9. The van der Waals surface area contributed by atoms with E-state index in [1.54, 1.807) is 12.4 Å². The van der Waals surface area contributed by atoms with Crippen molar-refractivity contribution >= 4 is 15.7 Å². The molecule has 14 heavy (non-hydrogen) atoms. The fourth-order valence-corrected chi connectivity index (χ4v) is 1.52. The Labute approximate surface area is 83.4 Å². The molecule has 0 unspecified atom stereocenters. The smallest absolute Gasteiger partial charge is 0.209 e. The van der Waals surface area contributed by atoms with Crippen molar-refractivity contribution < 1.29 is 8.42 Å². The number of primary sulfonamides is 1. The third-order valence-electron chi connectivity index (χ3n) is 1.62. The molecule has 1 heterocycles. The van der Waals surface area contributed by atoms with Gasteiger partial charge in [0, 0.05) is 24.6 Å². The Bertz CT molecular complexity index is 363. The van der Waals surface area contributed by atoms with Gasteiger partial charge in [-0.25, -0.2) is 13.6 Å². The summed E-state index contributed by atoms with van der Waals surface area (Å²) in [5, 5.41) is 7.91. The lowest BCUT2D eigenvalue weighted by Crippen LogP contribution is -2.18. The lowest BCUT2D eigenvalue weighted by Gasteiger charge is -2.04. The fourth-order valence-electron chi connectivity index (χ4n) is 0.976. The van der Waals surface area contributed by atoms with Crippen molar-refractivity contribution in [2.24, 2.45) is 5.14 Å². The predicted molar refractivity (Wildman–Crippen MR) is 55.3 cm³/mol. The molecule has 0 aliphatic carbocycles. The maximum absolute atomic E-state index is 10.6. The van der Waals surface area contributed by atoms with Crippen molar-refractivity contribution in [2.75, 3.05) is 17.6 Å². The molecule has 0 radical (unpaired) electrons. The minimum atomic E-state index is -3.33. The number of pyridine rings is 1. The molecular formula is C8H13N3O2S. The first-order valence-electron chi connectivity index (χ1n) is 4.22. The Morgan fingerprint density at radius 2 is 2.00 bits per heavy atom. The van der Waals surface area contributed by atoms with Gasteiger partial charge < -0.3 is 5.32 Å². The van der Waals surface area contributed by atoms with Gasteiger partial charge >= 0.3 is 0 Å². The van der Waals surface area contributed by atoms with E-state index in [4.69, 9.17) is 5.14 Å². The van der Waals surface area contributed by atoms with Crippen molar-refractivity contribution in [2.45, 2.75) is 6.42 Å². The van der Waals surface area contributed by atoms with Crippen LogP contribution in [0.1, 0.15) is 6.42 Å². The minimum Gasteiger partial charge on any atom is -0.385 e. The zero-order valence-corrected chi connectivity index (χ0v) is 8.50. The van der Waals surface area contributed by atoms with Crippen LogP contribution in [0.25, 0.3) is 0 Å². The van der Waals surface area contributed by atoms with Crippen molar-refractivity contribution in [3.8, 4) is 0 Å². The van der Waals surface area contributed by atoms with Gasteiger partial charge in [-0.3, -0.25) is 4.98 Å². The summed E-state index contributed by atoms with van der Waals surface area (Å²) in [5.41, 5.74) is 0.925. The SMILES string of the molecule is NS(=O)(=O)CCCNc1ccncc1. The van der Waals surface area contributed by atoms with Crippen LogP contribution in [-0.2, 0) is 10.0 Å². The Hall–Kier alpha value is -1.14. The van der Waals surface area contributed by atoms with E-state index in [0.717, 1.165) is 5.69 Å². The highest BCUT2D eigenvalue weighted by molar-refractivity contribution is 7.89. The molecule has 3 N–H and O–H groups in total. The highest BCUT2D eigenvalue weighted by atomic mass is 32.2. The molecule has 0 spiro atoms. The number of nitrogens with two attached hydrogens (primary N) is 1.